The summed E-state index contributed by atoms with van der Waals surface area (Å²) in [5.41, 5.74) is 4.13. The molecular formula is C12H17N3O4. The highest BCUT2D eigenvalue weighted by Crippen LogP contribution is 2.11. The number of nitrogens with one attached hydrogen (secondary N) is 1. The van der Waals surface area contributed by atoms with Gasteiger partial charge in [0, 0.05) is 18.8 Å². The Hall–Kier alpha value is -2.15. The van der Waals surface area contributed by atoms with Crippen LogP contribution in [0, 0.1) is 0 Å². The van der Waals surface area contributed by atoms with Gasteiger partial charge in [0.1, 0.15) is 11.4 Å². The van der Waals surface area contributed by atoms with Gasteiger partial charge in [0.25, 0.3) is 5.91 Å². The summed E-state index contributed by atoms with van der Waals surface area (Å²) in [6.45, 7) is 3.61. The molecule has 104 valence electrons. The van der Waals surface area contributed by atoms with Gasteiger partial charge in [-0.15, -0.1) is 0 Å². The van der Waals surface area contributed by atoms with Crippen LogP contribution in [0.2, 0.25) is 0 Å². The second-order valence-electron chi connectivity index (χ2n) is 4.62. The maximum atomic E-state index is 11.7. The molecule has 0 saturated carbocycles. The molecule has 0 atom stereocenters. The lowest BCUT2D eigenvalue weighted by molar-refractivity contribution is 0.0692. The molecule has 2 amide bonds. The zero-order valence-corrected chi connectivity index (χ0v) is 10.8. The summed E-state index contributed by atoms with van der Waals surface area (Å²) >= 11 is 0. The first-order chi connectivity index (χ1) is 8.78. The molecule has 0 radical (unpaired) electrons. The van der Waals surface area contributed by atoms with Gasteiger partial charge in [0.15, 0.2) is 0 Å². The van der Waals surface area contributed by atoms with Crippen molar-refractivity contribution in [3.8, 4) is 5.75 Å². The monoisotopic (exact) mass is 267 g/mol. The third-order valence-corrected chi connectivity index (χ3v) is 2.20. The van der Waals surface area contributed by atoms with Gasteiger partial charge in [0.2, 0.25) is 0 Å². The zero-order valence-electron chi connectivity index (χ0n) is 10.8. The first kappa shape index (κ1) is 14.9. The quantitative estimate of drug-likeness (QED) is 0.715. The van der Waals surface area contributed by atoms with Gasteiger partial charge in [-0.2, -0.15) is 0 Å². The van der Waals surface area contributed by atoms with E-state index in [0.717, 1.165) is 0 Å². The maximum absolute atomic E-state index is 11.7. The number of nitrogens with two attached hydrogens (primary N) is 1. The fraction of sp³-hybridized carbons (Fsp3) is 0.417. The molecule has 0 fully saturated rings. The van der Waals surface area contributed by atoms with Crippen LogP contribution >= 0.6 is 0 Å². The summed E-state index contributed by atoms with van der Waals surface area (Å²) in [7, 11) is 0. The third kappa shape index (κ3) is 5.82. The molecule has 0 unspecified atom stereocenters. The molecule has 0 aromatic carbocycles. The van der Waals surface area contributed by atoms with Crippen LogP contribution in [-0.4, -0.2) is 34.2 Å². The number of amides is 2. The fourth-order valence-electron chi connectivity index (χ4n) is 1.29. The van der Waals surface area contributed by atoms with E-state index >= 15 is 0 Å². The van der Waals surface area contributed by atoms with Crippen LogP contribution < -0.4 is 15.8 Å². The summed E-state index contributed by atoms with van der Waals surface area (Å²) in [5.74, 6) is -0.269. The number of rotatable bonds is 5. The molecule has 0 bridgehead atoms. The van der Waals surface area contributed by atoms with E-state index in [2.05, 4.69) is 15.0 Å². The molecule has 0 aliphatic rings. The molecule has 7 heteroatoms. The normalized spacial score (nSPS) is 10.9. The molecule has 1 aromatic heterocycles. The van der Waals surface area contributed by atoms with Crippen molar-refractivity contribution in [2.24, 2.45) is 5.73 Å². The van der Waals surface area contributed by atoms with Gasteiger partial charge < -0.3 is 20.9 Å². The zero-order chi connectivity index (χ0) is 14.5. The lowest BCUT2D eigenvalue weighted by Gasteiger charge is -2.16. The average molecular weight is 267 g/mol. The largest absolute Gasteiger partial charge is 0.410 e. The Bertz CT molecular complexity index is 468. The lowest BCUT2D eigenvalue weighted by Crippen LogP contribution is -2.31. The first-order valence-electron chi connectivity index (χ1n) is 5.72. The van der Waals surface area contributed by atoms with Crippen molar-refractivity contribution in [1.82, 2.24) is 10.3 Å². The topological polar surface area (TPSA) is 115 Å². The molecule has 1 rings (SSSR count). The fourth-order valence-corrected chi connectivity index (χ4v) is 1.29. The highest BCUT2D eigenvalue weighted by Gasteiger charge is 2.14. The highest BCUT2D eigenvalue weighted by molar-refractivity contribution is 5.92. The van der Waals surface area contributed by atoms with Crippen molar-refractivity contribution >= 4 is 12.0 Å². The van der Waals surface area contributed by atoms with Crippen molar-refractivity contribution in [3.63, 3.8) is 0 Å². The van der Waals surface area contributed by atoms with Gasteiger partial charge in [-0.25, -0.2) is 4.79 Å². The summed E-state index contributed by atoms with van der Waals surface area (Å²) < 4.78 is 4.64. The average Bonchev–Trinajstić information content (AvgIpc) is 2.26. The smallest absolute Gasteiger partial charge is 0.409 e. The van der Waals surface area contributed by atoms with Crippen LogP contribution in [0.15, 0.2) is 18.3 Å². The van der Waals surface area contributed by atoms with E-state index < -0.39 is 17.6 Å². The van der Waals surface area contributed by atoms with Gasteiger partial charge >= 0.3 is 6.09 Å². The molecule has 7 nitrogen and oxygen atoms in total. The third-order valence-electron chi connectivity index (χ3n) is 2.20. The summed E-state index contributed by atoms with van der Waals surface area (Å²) in [4.78, 5) is 26.2. The standard InChI is InChI=1S/C12H17N3O4/c1-12(2,18)4-6-15-10(16)9-7-8(3-5-14-9)19-11(13)17/h3,5,7,18H,4,6H2,1-2H3,(H2,13,17)(H,15,16). The molecular weight excluding hydrogens is 250 g/mol. The van der Waals surface area contributed by atoms with Crippen LogP contribution in [0.25, 0.3) is 0 Å². The Kier molecular flexibility index (Phi) is 4.82. The Morgan fingerprint density at radius 1 is 1.53 bits per heavy atom. The number of ether oxygens (including phenoxy) is 1. The predicted molar refractivity (Wildman–Crippen MR) is 67.7 cm³/mol. The van der Waals surface area contributed by atoms with Crippen molar-refractivity contribution in [2.45, 2.75) is 25.9 Å². The van der Waals surface area contributed by atoms with Gasteiger partial charge in [-0.1, -0.05) is 0 Å². The number of aliphatic hydroxyl groups is 1. The number of hydrogen-bond donors (Lipinski definition) is 3. The van der Waals surface area contributed by atoms with Crippen molar-refractivity contribution < 1.29 is 19.4 Å². The Labute approximate surface area is 110 Å². The molecule has 19 heavy (non-hydrogen) atoms. The van der Waals surface area contributed by atoms with Crippen LogP contribution in [0.4, 0.5) is 4.79 Å². The van der Waals surface area contributed by atoms with E-state index in [1.54, 1.807) is 13.8 Å². The summed E-state index contributed by atoms with van der Waals surface area (Å²) in [6.07, 6.45) is 0.791. The molecule has 1 heterocycles. The van der Waals surface area contributed by atoms with Crippen molar-refractivity contribution in [1.29, 1.82) is 0 Å². The van der Waals surface area contributed by atoms with Gasteiger partial charge in [-0.05, 0) is 26.3 Å². The SMILES string of the molecule is CC(C)(O)CCNC(=O)c1cc(OC(N)=O)ccn1. The molecule has 1 aromatic rings. The summed E-state index contributed by atoms with van der Waals surface area (Å²) in [6, 6.07) is 2.72. The van der Waals surface area contributed by atoms with Crippen LogP contribution in [0.1, 0.15) is 30.8 Å². The highest BCUT2D eigenvalue weighted by atomic mass is 16.5. The first-order valence-corrected chi connectivity index (χ1v) is 5.72. The number of hydrogen-bond acceptors (Lipinski definition) is 5. The minimum absolute atomic E-state index is 0.106. The van der Waals surface area contributed by atoms with Crippen molar-refractivity contribution in [2.75, 3.05) is 6.54 Å². The number of primary amides is 1. The molecule has 0 aliphatic heterocycles. The minimum atomic E-state index is -0.959. The number of nitrogens with zero attached hydrogens (tertiary/aromatic N) is 1. The lowest BCUT2D eigenvalue weighted by atomic mass is 10.1. The van der Waals surface area contributed by atoms with E-state index in [1.165, 1.54) is 18.3 Å². The number of carbonyl (C=O) groups is 2. The van der Waals surface area contributed by atoms with E-state index in [-0.39, 0.29) is 11.4 Å². The van der Waals surface area contributed by atoms with E-state index in [4.69, 9.17) is 5.73 Å². The second kappa shape index (κ2) is 6.14. The Morgan fingerprint density at radius 2 is 2.21 bits per heavy atom. The second-order valence-corrected chi connectivity index (χ2v) is 4.62. The van der Waals surface area contributed by atoms with Crippen LogP contribution in [0.3, 0.4) is 0 Å². The predicted octanol–water partition coefficient (Wildman–Crippen LogP) is 0.430. The molecule has 0 spiro atoms. The molecule has 4 N–H and O–H groups in total. The van der Waals surface area contributed by atoms with Crippen LogP contribution in [0.5, 0.6) is 5.75 Å². The number of aromatic nitrogens is 1. The summed E-state index contributed by atoms with van der Waals surface area (Å²) in [5, 5.41) is 12.1. The minimum Gasteiger partial charge on any atom is -0.410 e. The molecule has 0 saturated heterocycles. The van der Waals surface area contributed by atoms with Crippen molar-refractivity contribution in [3.05, 3.63) is 24.0 Å². The van der Waals surface area contributed by atoms with Gasteiger partial charge in [0.05, 0.1) is 5.60 Å². The molecule has 0 aliphatic carbocycles. The van der Waals surface area contributed by atoms with Gasteiger partial charge in [-0.3, -0.25) is 9.78 Å². The number of pyridine rings is 1. The van der Waals surface area contributed by atoms with E-state index in [0.29, 0.717) is 13.0 Å². The number of carbonyl (C=O) groups excluding carboxylic acids is 2. The Balaban J connectivity index is 2.59. The van der Waals surface area contributed by atoms with E-state index in [9.17, 15) is 14.7 Å². The van der Waals surface area contributed by atoms with E-state index in [1.807, 2.05) is 0 Å². The Morgan fingerprint density at radius 3 is 2.79 bits per heavy atom. The maximum Gasteiger partial charge on any atom is 0.409 e. The van der Waals surface area contributed by atoms with Crippen LogP contribution in [-0.2, 0) is 0 Å².